The number of primary amides is 1. The lowest BCUT2D eigenvalue weighted by molar-refractivity contribution is -0.137. The summed E-state index contributed by atoms with van der Waals surface area (Å²) in [5.41, 5.74) is 5.32. The molecule has 0 spiro atoms. The van der Waals surface area contributed by atoms with Gasteiger partial charge < -0.3 is 16.0 Å². The molecule has 4 N–H and O–H groups in total. The molecule has 0 aliphatic carbocycles. The maximum Gasteiger partial charge on any atom is 0.416 e. The molecular weight excluding hydrogens is 477 g/mol. The molecule has 7 nitrogen and oxygen atoms in total. The number of nitrogens with one attached hydrogen (secondary N) is 2. The molecule has 0 bridgehead atoms. The second kappa shape index (κ2) is 9.48. The molecule has 0 fully saturated rings. The quantitative estimate of drug-likeness (QED) is 0.560. The lowest BCUT2D eigenvalue weighted by Crippen LogP contribution is -2.38. The van der Waals surface area contributed by atoms with Crippen molar-refractivity contribution in [2.75, 3.05) is 11.9 Å². The SMILES string of the molecule is CC(C)C(=O)N1CCc2c(sc(NC(=S)NC(=O)c3cccc(C(F)(F)F)c3)c2C(N)=O)C1. The molecule has 2 aromatic rings. The van der Waals surface area contributed by atoms with Crippen LogP contribution in [0.2, 0.25) is 0 Å². The predicted molar refractivity (Wildman–Crippen MR) is 122 cm³/mol. The van der Waals surface area contributed by atoms with Crippen molar-refractivity contribution in [1.29, 1.82) is 0 Å². The summed E-state index contributed by atoms with van der Waals surface area (Å²) in [5, 5.41) is 5.17. The Balaban J connectivity index is 1.77. The average Bonchev–Trinajstić information content (AvgIpc) is 3.09. The number of halogens is 3. The van der Waals surface area contributed by atoms with E-state index in [1.807, 2.05) is 0 Å². The molecule has 1 aliphatic heterocycles. The number of nitrogens with two attached hydrogens (primary N) is 1. The van der Waals surface area contributed by atoms with Crippen LogP contribution in [0.4, 0.5) is 18.2 Å². The summed E-state index contributed by atoms with van der Waals surface area (Å²) in [6.07, 6.45) is -4.15. The van der Waals surface area contributed by atoms with E-state index >= 15 is 0 Å². The number of carbonyl (C=O) groups is 3. The summed E-state index contributed by atoms with van der Waals surface area (Å²) in [7, 11) is 0. The predicted octanol–water partition coefficient (Wildman–Crippen LogP) is 3.53. The van der Waals surface area contributed by atoms with Crippen LogP contribution in [-0.4, -0.2) is 34.3 Å². The molecule has 0 unspecified atom stereocenters. The Morgan fingerprint density at radius 1 is 1.24 bits per heavy atom. The number of thiophene rings is 1. The van der Waals surface area contributed by atoms with Crippen molar-refractivity contribution in [2.45, 2.75) is 33.0 Å². The summed E-state index contributed by atoms with van der Waals surface area (Å²) < 4.78 is 38.7. The van der Waals surface area contributed by atoms with Gasteiger partial charge in [-0.15, -0.1) is 11.3 Å². The van der Waals surface area contributed by atoms with Crippen LogP contribution >= 0.6 is 23.6 Å². The van der Waals surface area contributed by atoms with Crippen LogP contribution < -0.4 is 16.4 Å². The van der Waals surface area contributed by atoms with E-state index in [2.05, 4.69) is 10.6 Å². The molecule has 2 heterocycles. The number of carbonyl (C=O) groups excluding carboxylic acids is 3. The van der Waals surface area contributed by atoms with Crippen LogP contribution in [0.25, 0.3) is 0 Å². The smallest absolute Gasteiger partial charge is 0.365 e. The zero-order chi connectivity index (χ0) is 24.5. The van der Waals surface area contributed by atoms with Crippen molar-refractivity contribution < 1.29 is 27.6 Å². The third kappa shape index (κ3) is 5.50. The molecule has 176 valence electrons. The van der Waals surface area contributed by atoms with Crippen molar-refractivity contribution in [1.82, 2.24) is 10.2 Å². The first kappa shape index (κ1) is 24.6. The Hall–Kier alpha value is -2.99. The van der Waals surface area contributed by atoms with Gasteiger partial charge in [0.05, 0.1) is 17.7 Å². The minimum atomic E-state index is -4.59. The molecule has 1 aliphatic rings. The molecule has 1 aromatic heterocycles. The Bertz CT molecular complexity index is 1130. The molecule has 0 saturated carbocycles. The maximum absolute atomic E-state index is 12.9. The molecule has 0 saturated heterocycles. The zero-order valence-corrected chi connectivity index (χ0v) is 19.3. The van der Waals surface area contributed by atoms with Gasteiger partial charge in [0.15, 0.2) is 5.11 Å². The number of benzene rings is 1. The fraction of sp³-hybridized carbons (Fsp3) is 0.333. The van der Waals surface area contributed by atoms with Crippen molar-refractivity contribution in [2.24, 2.45) is 11.7 Å². The maximum atomic E-state index is 12.9. The summed E-state index contributed by atoms with van der Waals surface area (Å²) in [4.78, 5) is 39.3. The number of anilines is 1. The molecule has 0 radical (unpaired) electrons. The van der Waals surface area contributed by atoms with E-state index in [0.717, 1.165) is 28.6 Å². The van der Waals surface area contributed by atoms with Gasteiger partial charge in [-0.25, -0.2) is 0 Å². The fourth-order valence-electron chi connectivity index (χ4n) is 3.45. The number of amides is 3. The summed E-state index contributed by atoms with van der Waals surface area (Å²) in [6, 6.07) is 3.93. The number of hydrogen-bond acceptors (Lipinski definition) is 5. The molecule has 12 heteroatoms. The highest BCUT2D eigenvalue weighted by Crippen LogP contribution is 2.37. The van der Waals surface area contributed by atoms with Crippen molar-refractivity contribution in [3.8, 4) is 0 Å². The van der Waals surface area contributed by atoms with Crippen LogP contribution in [0.5, 0.6) is 0 Å². The standard InChI is InChI=1S/C21H21F3N4O3S2/c1-10(2)19(31)28-7-6-13-14(9-28)33-18(15(13)16(25)29)27-20(32)26-17(30)11-4-3-5-12(8-11)21(22,23)24/h3-5,8,10H,6-7,9H2,1-2H3,(H2,25,29)(H2,26,27,30,32). The lowest BCUT2D eigenvalue weighted by atomic mass is 10.0. The second-order valence-corrected chi connectivity index (χ2v) is 9.24. The lowest BCUT2D eigenvalue weighted by Gasteiger charge is -2.28. The van der Waals surface area contributed by atoms with E-state index in [9.17, 15) is 27.6 Å². The number of nitrogens with zero attached hydrogens (tertiary/aromatic N) is 1. The topological polar surface area (TPSA) is 105 Å². The van der Waals surface area contributed by atoms with Crippen LogP contribution in [0.1, 0.15) is 50.6 Å². The highest BCUT2D eigenvalue weighted by Gasteiger charge is 2.32. The number of fused-ring (bicyclic) bond motifs is 1. The van der Waals surface area contributed by atoms with E-state index in [4.69, 9.17) is 18.0 Å². The average molecular weight is 499 g/mol. The van der Waals surface area contributed by atoms with Crippen molar-refractivity contribution in [3.63, 3.8) is 0 Å². The zero-order valence-electron chi connectivity index (χ0n) is 17.7. The highest BCUT2D eigenvalue weighted by molar-refractivity contribution is 7.80. The fourth-order valence-corrected chi connectivity index (χ4v) is 4.98. The van der Waals surface area contributed by atoms with Gasteiger partial charge in [-0.05, 0) is 42.4 Å². The van der Waals surface area contributed by atoms with Gasteiger partial charge in [0.2, 0.25) is 5.91 Å². The number of rotatable bonds is 4. The third-order valence-electron chi connectivity index (χ3n) is 5.02. The molecular formula is C21H21F3N4O3S2. The van der Waals surface area contributed by atoms with Gasteiger partial charge in [0, 0.05) is 22.9 Å². The van der Waals surface area contributed by atoms with Gasteiger partial charge in [-0.1, -0.05) is 19.9 Å². The van der Waals surface area contributed by atoms with Gasteiger partial charge in [0.25, 0.3) is 11.8 Å². The Morgan fingerprint density at radius 3 is 2.55 bits per heavy atom. The van der Waals surface area contributed by atoms with E-state index in [-0.39, 0.29) is 28.1 Å². The first-order valence-electron chi connectivity index (χ1n) is 9.91. The summed E-state index contributed by atoms with van der Waals surface area (Å²) in [5.74, 6) is -1.70. The molecule has 1 aromatic carbocycles. The first-order valence-corrected chi connectivity index (χ1v) is 11.1. The highest BCUT2D eigenvalue weighted by atomic mass is 32.1. The minimum absolute atomic E-state index is 0.00643. The largest absolute Gasteiger partial charge is 0.416 e. The first-order chi connectivity index (χ1) is 15.4. The Morgan fingerprint density at radius 2 is 1.94 bits per heavy atom. The van der Waals surface area contributed by atoms with Crippen molar-refractivity contribution >= 4 is 51.4 Å². The van der Waals surface area contributed by atoms with Gasteiger partial charge >= 0.3 is 6.18 Å². The van der Waals surface area contributed by atoms with Crippen LogP contribution in [0.15, 0.2) is 24.3 Å². The number of thiocarbonyl (C=S) groups is 1. The van der Waals surface area contributed by atoms with Crippen LogP contribution in [0.3, 0.4) is 0 Å². The second-order valence-electron chi connectivity index (χ2n) is 7.72. The van der Waals surface area contributed by atoms with Crippen molar-refractivity contribution in [3.05, 3.63) is 51.4 Å². The third-order valence-corrected chi connectivity index (χ3v) is 6.35. The molecule has 3 rings (SSSR count). The molecule has 0 atom stereocenters. The number of alkyl halides is 3. The minimum Gasteiger partial charge on any atom is -0.365 e. The van der Waals surface area contributed by atoms with E-state index in [0.29, 0.717) is 24.5 Å². The normalized spacial score (nSPS) is 13.5. The van der Waals surface area contributed by atoms with Crippen LogP contribution in [0, 0.1) is 5.92 Å². The van der Waals surface area contributed by atoms with E-state index < -0.39 is 23.6 Å². The summed E-state index contributed by atoms with van der Waals surface area (Å²) >= 11 is 6.32. The van der Waals surface area contributed by atoms with Gasteiger partial charge in [-0.3, -0.25) is 19.7 Å². The summed E-state index contributed by atoms with van der Waals surface area (Å²) in [6.45, 7) is 4.37. The van der Waals surface area contributed by atoms with E-state index in [1.54, 1.807) is 18.7 Å². The Kier molecular flexibility index (Phi) is 7.08. The monoisotopic (exact) mass is 498 g/mol. The molecule has 3 amide bonds. The van der Waals surface area contributed by atoms with Gasteiger partial charge in [-0.2, -0.15) is 13.2 Å². The van der Waals surface area contributed by atoms with Crippen LogP contribution in [-0.2, 0) is 23.9 Å². The number of hydrogen-bond donors (Lipinski definition) is 3. The molecule has 33 heavy (non-hydrogen) atoms. The Labute approximate surface area is 197 Å². The van der Waals surface area contributed by atoms with E-state index in [1.165, 1.54) is 17.4 Å². The van der Waals surface area contributed by atoms with Gasteiger partial charge in [0.1, 0.15) is 5.00 Å².